The average molecular weight is 625 g/mol. The van der Waals surface area contributed by atoms with E-state index in [4.69, 9.17) is 48.4 Å². The van der Waals surface area contributed by atoms with Crippen molar-refractivity contribution < 1.29 is 14.3 Å². The molecular formula is C33H39Cl2N5O3. The number of rotatable bonds is 11. The van der Waals surface area contributed by atoms with Gasteiger partial charge in [-0.25, -0.2) is 9.97 Å². The highest BCUT2D eigenvalue weighted by molar-refractivity contribution is 6.56. The number of carbonyl (C=O) groups is 1. The number of nitrogens with zero attached hydrogens (tertiary/aromatic N) is 2. The van der Waals surface area contributed by atoms with Crippen LogP contribution in [0.3, 0.4) is 0 Å². The third-order valence-corrected chi connectivity index (χ3v) is 8.58. The van der Waals surface area contributed by atoms with Gasteiger partial charge in [-0.1, -0.05) is 83.9 Å². The average Bonchev–Trinajstić information content (AvgIpc) is 2.99. The Morgan fingerprint density at radius 1 is 1.00 bits per heavy atom. The summed E-state index contributed by atoms with van der Waals surface area (Å²) in [5, 5.41) is 6.33. The lowest BCUT2D eigenvalue weighted by Gasteiger charge is -2.44. The zero-order chi connectivity index (χ0) is 31.4. The van der Waals surface area contributed by atoms with E-state index in [1.807, 2.05) is 93.6 Å². The number of benzene rings is 1. The van der Waals surface area contributed by atoms with Gasteiger partial charge in [0.1, 0.15) is 5.41 Å². The number of methoxy groups -OCH3 is 2. The minimum absolute atomic E-state index is 0.0851. The summed E-state index contributed by atoms with van der Waals surface area (Å²) in [6.07, 6.45) is 5.75. The number of amides is 1. The number of hydrogen-bond donors (Lipinski definition) is 3. The van der Waals surface area contributed by atoms with Crippen LogP contribution in [0.25, 0.3) is 5.57 Å². The normalized spacial score (nSPS) is 18.5. The van der Waals surface area contributed by atoms with Crippen molar-refractivity contribution in [2.24, 2.45) is 5.73 Å². The fourth-order valence-corrected chi connectivity index (χ4v) is 6.01. The van der Waals surface area contributed by atoms with Crippen LogP contribution in [-0.2, 0) is 16.8 Å². The summed E-state index contributed by atoms with van der Waals surface area (Å²) in [6.45, 7) is 8.30. The van der Waals surface area contributed by atoms with E-state index in [1.54, 1.807) is 14.2 Å². The Kier molecular flexibility index (Phi) is 9.86. The summed E-state index contributed by atoms with van der Waals surface area (Å²) in [5.41, 5.74) is 8.81. The number of alkyl halides is 2. The Morgan fingerprint density at radius 2 is 1.63 bits per heavy atom. The Bertz CT molecular complexity index is 1520. The first-order chi connectivity index (χ1) is 20.4. The lowest BCUT2D eigenvalue weighted by Crippen LogP contribution is -2.48. The molecule has 0 spiro atoms. The van der Waals surface area contributed by atoms with Crippen molar-refractivity contribution in [3.63, 3.8) is 0 Å². The molecule has 8 nitrogen and oxygen atoms in total. The van der Waals surface area contributed by atoms with Crippen LogP contribution >= 0.6 is 23.2 Å². The minimum atomic E-state index is -1.55. The van der Waals surface area contributed by atoms with Crippen LogP contribution in [0.5, 0.6) is 11.8 Å². The molecule has 0 fully saturated rings. The number of nitrogens with two attached hydrogens (primary N) is 1. The molecule has 1 aliphatic carbocycles. The quantitative estimate of drug-likeness (QED) is 0.237. The van der Waals surface area contributed by atoms with Gasteiger partial charge in [0.2, 0.25) is 17.7 Å². The molecule has 0 saturated carbocycles. The molecule has 4 N–H and O–H groups in total. The van der Waals surface area contributed by atoms with Crippen molar-refractivity contribution >= 4 is 34.7 Å². The highest BCUT2D eigenvalue weighted by atomic mass is 35.5. The Labute approximate surface area is 263 Å². The van der Waals surface area contributed by atoms with Crippen LogP contribution in [0.4, 0.5) is 0 Å². The number of nitrogens with one attached hydrogen (secondary N) is 2. The molecule has 1 amide bonds. The summed E-state index contributed by atoms with van der Waals surface area (Å²) in [7, 11) is 3.13. The van der Waals surface area contributed by atoms with Crippen molar-refractivity contribution in [3.8, 4) is 11.8 Å². The second kappa shape index (κ2) is 13.1. The second-order valence-corrected chi connectivity index (χ2v) is 12.6. The van der Waals surface area contributed by atoms with Gasteiger partial charge in [-0.2, -0.15) is 0 Å². The minimum Gasteiger partial charge on any atom is -0.481 e. The predicted octanol–water partition coefficient (Wildman–Crippen LogP) is 5.63. The number of pyridine rings is 2. The first-order valence-electron chi connectivity index (χ1n) is 14.0. The molecule has 0 bridgehead atoms. The van der Waals surface area contributed by atoms with Crippen LogP contribution in [0, 0.1) is 0 Å². The number of ether oxygens (including phenoxy) is 2. The molecule has 1 unspecified atom stereocenters. The van der Waals surface area contributed by atoms with Crippen LogP contribution < -0.4 is 25.8 Å². The van der Waals surface area contributed by atoms with E-state index in [2.05, 4.69) is 10.6 Å². The van der Waals surface area contributed by atoms with E-state index in [-0.39, 0.29) is 17.5 Å². The maximum atomic E-state index is 11.4. The van der Waals surface area contributed by atoms with E-state index in [1.165, 1.54) is 6.92 Å². The largest absolute Gasteiger partial charge is 0.481 e. The molecule has 2 aromatic heterocycles. The van der Waals surface area contributed by atoms with Crippen molar-refractivity contribution in [2.45, 2.75) is 55.6 Å². The standard InChI is InChI=1S/C33H39Cl2N5O3/c1-21(36)25-15-17-28(40-30(25)43-6)32(18-10-13-26(33(32,34)35)23-11-8-7-9-12-23)27-16-14-24(29(39-27)42-5)19-38-31(3,4)20-37-22(2)41/h7-18,21,38H,19-20,36H2,1-6H3,(H,37,41)/t21?,32-/m0/s1. The maximum absolute atomic E-state index is 11.4. The highest BCUT2D eigenvalue weighted by Crippen LogP contribution is 2.57. The van der Waals surface area contributed by atoms with E-state index < -0.39 is 9.75 Å². The monoisotopic (exact) mass is 623 g/mol. The van der Waals surface area contributed by atoms with Crippen LogP contribution in [0.2, 0.25) is 0 Å². The van der Waals surface area contributed by atoms with Crippen LogP contribution in [0.1, 0.15) is 61.8 Å². The first kappa shape index (κ1) is 32.5. The number of allylic oxidation sites excluding steroid dienone is 4. The summed E-state index contributed by atoms with van der Waals surface area (Å²) in [4.78, 5) is 21.3. The van der Waals surface area contributed by atoms with E-state index in [0.717, 1.165) is 16.7 Å². The fourth-order valence-electron chi connectivity index (χ4n) is 5.15. The van der Waals surface area contributed by atoms with Gasteiger partial charge in [0.05, 0.1) is 25.6 Å². The Balaban J connectivity index is 1.86. The van der Waals surface area contributed by atoms with Gasteiger partial charge in [0.25, 0.3) is 0 Å². The molecule has 1 aromatic carbocycles. The third-order valence-electron chi connectivity index (χ3n) is 7.58. The van der Waals surface area contributed by atoms with Crippen molar-refractivity contribution in [2.75, 3.05) is 20.8 Å². The van der Waals surface area contributed by atoms with Gasteiger partial charge in [-0.05, 0) is 44.0 Å². The Morgan fingerprint density at radius 3 is 2.23 bits per heavy atom. The van der Waals surface area contributed by atoms with Gasteiger partial charge in [0, 0.05) is 42.7 Å². The predicted molar refractivity (Wildman–Crippen MR) is 173 cm³/mol. The molecule has 3 aromatic rings. The zero-order valence-electron chi connectivity index (χ0n) is 25.4. The summed E-state index contributed by atoms with van der Waals surface area (Å²) >= 11 is 15.0. The van der Waals surface area contributed by atoms with E-state index in [9.17, 15) is 4.79 Å². The highest BCUT2D eigenvalue weighted by Gasteiger charge is 2.56. The van der Waals surface area contributed by atoms with Gasteiger partial charge in [0.15, 0.2) is 4.33 Å². The molecule has 10 heteroatoms. The Hall–Kier alpha value is -3.43. The molecule has 0 aliphatic heterocycles. The third kappa shape index (κ3) is 6.58. The fraction of sp³-hybridized carbons (Fsp3) is 0.364. The number of hydrogen-bond acceptors (Lipinski definition) is 7. The topological polar surface area (TPSA) is 111 Å². The van der Waals surface area contributed by atoms with E-state index >= 15 is 0 Å². The van der Waals surface area contributed by atoms with Crippen molar-refractivity contribution in [1.82, 2.24) is 20.6 Å². The molecule has 43 heavy (non-hydrogen) atoms. The van der Waals surface area contributed by atoms with Gasteiger partial charge in [-0.15, -0.1) is 0 Å². The lowest BCUT2D eigenvalue weighted by molar-refractivity contribution is -0.119. The zero-order valence-corrected chi connectivity index (χ0v) is 26.9. The molecule has 0 radical (unpaired) electrons. The van der Waals surface area contributed by atoms with E-state index in [0.29, 0.717) is 41.8 Å². The molecule has 0 saturated heterocycles. The van der Waals surface area contributed by atoms with Gasteiger partial charge >= 0.3 is 0 Å². The van der Waals surface area contributed by atoms with Crippen molar-refractivity contribution in [1.29, 1.82) is 0 Å². The van der Waals surface area contributed by atoms with Crippen molar-refractivity contribution in [3.05, 3.63) is 101 Å². The van der Waals surface area contributed by atoms with Crippen LogP contribution in [-0.4, -0.2) is 46.5 Å². The molecule has 4 rings (SSSR count). The molecular weight excluding hydrogens is 585 g/mol. The number of halogens is 2. The van der Waals surface area contributed by atoms with Gasteiger partial charge in [-0.3, -0.25) is 4.79 Å². The second-order valence-electron chi connectivity index (χ2n) is 11.3. The summed E-state index contributed by atoms with van der Waals surface area (Å²) in [6, 6.07) is 17.0. The smallest absolute Gasteiger partial charge is 0.218 e. The summed E-state index contributed by atoms with van der Waals surface area (Å²) < 4.78 is 9.91. The number of aromatic nitrogens is 2. The molecule has 228 valence electrons. The lowest BCUT2D eigenvalue weighted by atomic mass is 9.70. The molecule has 2 heterocycles. The van der Waals surface area contributed by atoms with Crippen LogP contribution in [0.15, 0.2) is 72.8 Å². The van der Waals surface area contributed by atoms with Gasteiger partial charge < -0.3 is 25.8 Å². The summed E-state index contributed by atoms with van der Waals surface area (Å²) in [5.74, 6) is 0.708. The maximum Gasteiger partial charge on any atom is 0.218 e. The number of carbonyl (C=O) groups excluding carboxylic acids is 1. The molecule has 1 aliphatic rings. The molecule has 2 atom stereocenters. The SMILES string of the molecule is COc1nc([C@]2(c3ccc(C(C)N)c(OC)n3)C=CC=C(c3ccccc3)C2(Cl)Cl)ccc1CNC(C)(C)CNC(C)=O. The first-order valence-corrected chi connectivity index (χ1v) is 14.8.